The van der Waals surface area contributed by atoms with Gasteiger partial charge in [0.05, 0.1) is 22.5 Å². The first-order valence-electron chi connectivity index (χ1n) is 7.15. The molecule has 3 rings (SSSR count). The molecule has 0 spiro atoms. The Morgan fingerprint density at radius 1 is 1.13 bits per heavy atom. The number of nitrogens with two attached hydrogens (primary N) is 1. The molecule has 0 bridgehead atoms. The third-order valence-corrected chi connectivity index (χ3v) is 3.60. The molecule has 0 aliphatic heterocycles. The number of rotatable bonds is 2. The van der Waals surface area contributed by atoms with E-state index in [9.17, 15) is 0 Å². The summed E-state index contributed by atoms with van der Waals surface area (Å²) in [6.45, 7) is 2.00. The number of aromatic nitrogens is 2. The highest BCUT2D eigenvalue weighted by atomic mass is 16.3. The Kier molecular flexibility index (Phi) is 3.76. The Morgan fingerprint density at radius 3 is 2.57 bits per heavy atom. The summed E-state index contributed by atoms with van der Waals surface area (Å²) in [7, 11) is 0. The van der Waals surface area contributed by atoms with Gasteiger partial charge in [0.25, 0.3) is 5.76 Å². The van der Waals surface area contributed by atoms with Crippen molar-refractivity contribution in [1.29, 1.82) is 5.41 Å². The topological polar surface area (TPSA) is 98.6 Å². The minimum Gasteiger partial charge on any atom is -0.592 e. The average molecular weight is 305 g/mol. The molecule has 2 aromatic rings. The number of hydrogen-bond donors (Lipinski definition) is 2. The zero-order valence-corrected chi connectivity index (χ0v) is 12.7. The standard InChI is InChI=1S/C18H16N4O/c1-11-2-4-12(5-3-11)17(23)14-10-13(6-7-15(14)19)16-8-9-21-18(20)22-16/h2-10,19,23H,1H3,(H2,20,21,22)/p+1/b17-14-,19-15?. The second-order valence-electron chi connectivity index (χ2n) is 5.30. The summed E-state index contributed by atoms with van der Waals surface area (Å²) in [6, 6.07) is 9.47. The van der Waals surface area contributed by atoms with Crippen LogP contribution in [0.15, 0.2) is 60.3 Å². The molecular formula is C18H17N4O+. The van der Waals surface area contributed by atoms with Crippen LogP contribution < -0.4 is 5.73 Å². The van der Waals surface area contributed by atoms with E-state index in [-0.39, 0.29) is 5.95 Å². The van der Waals surface area contributed by atoms with Crippen molar-refractivity contribution >= 4 is 23.0 Å². The molecule has 0 unspecified atom stereocenters. The Labute approximate surface area is 134 Å². The van der Waals surface area contributed by atoms with Crippen LogP contribution in [0.1, 0.15) is 16.8 Å². The van der Waals surface area contributed by atoms with Gasteiger partial charge in [0.2, 0.25) is 5.95 Å². The number of aryl methyl sites for hydroxylation is 1. The third-order valence-electron chi connectivity index (χ3n) is 3.60. The van der Waals surface area contributed by atoms with Gasteiger partial charge in [-0.1, -0.05) is 23.8 Å². The van der Waals surface area contributed by atoms with Gasteiger partial charge in [0.1, 0.15) is 0 Å². The molecule has 23 heavy (non-hydrogen) atoms. The predicted octanol–water partition coefficient (Wildman–Crippen LogP) is 2.48. The number of hydrogen-bond acceptors (Lipinski definition) is 4. The zero-order valence-electron chi connectivity index (χ0n) is 12.7. The highest BCUT2D eigenvalue weighted by Crippen LogP contribution is 2.26. The number of benzene rings is 1. The summed E-state index contributed by atoms with van der Waals surface area (Å²) in [6.07, 6.45) is 6.87. The highest BCUT2D eigenvalue weighted by Gasteiger charge is 2.18. The summed E-state index contributed by atoms with van der Waals surface area (Å²) >= 11 is 0. The van der Waals surface area contributed by atoms with Crippen LogP contribution in [0.5, 0.6) is 0 Å². The average Bonchev–Trinajstić information content (AvgIpc) is 2.55. The number of nitrogens with one attached hydrogen (secondary N) is 1. The van der Waals surface area contributed by atoms with E-state index in [1.54, 1.807) is 30.5 Å². The van der Waals surface area contributed by atoms with Gasteiger partial charge in [-0.15, -0.1) is 0 Å². The molecule has 1 aliphatic rings. The lowest BCUT2D eigenvalue weighted by Crippen LogP contribution is -2.06. The molecule has 0 atom stereocenters. The number of nitrogen functional groups attached to an aromatic ring is 1. The van der Waals surface area contributed by atoms with E-state index in [2.05, 4.69) is 9.97 Å². The summed E-state index contributed by atoms with van der Waals surface area (Å²) < 4.78 is 0. The number of anilines is 1. The maximum atomic E-state index is 8.41. The maximum absolute atomic E-state index is 8.41. The molecule has 1 heterocycles. The molecule has 5 N–H and O–H groups in total. The van der Waals surface area contributed by atoms with Gasteiger partial charge in [-0.25, -0.2) is 9.97 Å². The summed E-state index contributed by atoms with van der Waals surface area (Å²) in [5.41, 5.74) is 9.89. The molecule has 1 aromatic carbocycles. The summed E-state index contributed by atoms with van der Waals surface area (Å²) in [4.78, 5) is 8.08. The molecule has 0 saturated heterocycles. The van der Waals surface area contributed by atoms with Crippen LogP contribution >= 0.6 is 0 Å². The van der Waals surface area contributed by atoms with Crippen molar-refractivity contribution in [1.82, 2.24) is 9.97 Å². The third kappa shape index (κ3) is 3.03. The van der Waals surface area contributed by atoms with Crippen molar-refractivity contribution in [3.63, 3.8) is 0 Å². The fraction of sp³-hybridized carbons (Fsp3) is 0.0556. The van der Waals surface area contributed by atoms with Gasteiger partial charge in [-0.2, -0.15) is 0 Å². The van der Waals surface area contributed by atoms with Gasteiger partial charge in [0.15, 0.2) is 0 Å². The van der Waals surface area contributed by atoms with E-state index in [4.69, 9.17) is 16.2 Å². The van der Waals surface area contributed by atoms with Crippen LogP contribution in [0.4, 0.5) is 5.95 Å². The van der Waals surface area contributed by atoms with Crippen molar-refractivity contribution in [3.8, 4) is 0 Å². The lowest BCUT2D eigenvalue weighted by molar-refractivity contribution is 0.510. The van der Waals surface area contributed by atoms with Gasteiger partial charge in [-0.3, -0.25) is 5.41 Å². The maximum Gasteiger partial charge on any atom is 0.270 e. The zero-order chi connectivity index (χ0) is 16.4. The van der Waals surface area contributed by atoms with Crippen molar-refractivity contribution < 1.29 is 5.11 Å². The van der Waals surface area contributed by atoms with Crippen LogP contribution in [-0.2, 0) is 0 Å². The molecule has 1 aliphatic carbocycles. The Hall–Kier alpha value is -3.21. The SMILES string of the molecule is Cc1ccc(/C([OH2+])=C2\C=C(c3ccnc(N)n3)C=CC2=N)cc1. The monoisotopic (exact) mass is 305 g/mol. The predicted molar refractivity (Wildman–Crippen MR) is 93.0 cm³/mol. The van der Waals surface area contributed by atoms with Crippen molar-refractivity contribution in [2.45, 2.75) is 6.92 Å². The fourth-order valence-corrected chi connectivity index (χ4v) is 2.32. The van der Waals surface area contributed by atoms with Crippen molar-refractivity contribution in [2.75, 3.05) is 5.73 Å². The molecule has 1 aromatic heterocycles. The molecule has 5 heteroatoms. The van der Waals surface area contributed by atoms with E-state index in [1.165, 1.54) is 0 Å². The Balaban J connectivity index is 2.07. The molecule has 114 valence electrons. The van der Waals surface area contributed by atoms with Crippen molar-refractivity contribution in [2.24, 2.45) is 0 Å². The van der Waals surface area contributed by atoms with Gasteiger partial charge in [0, 0.05) is 11.8 Å². The molecule has 0 amide bonds. The second-order valence-corrected chi connectivity index (χ2v) is 5.30. The molecule has 0 fully saturated rings. The molecular weight excluding hydrogens is 288 g/mol. The van der Waals surface area contributed by atoms with Gasteiger partial charge < -0.3 is 10.8 Å². The second kappa shape index (κ2) is 5.88. The van der Waals surface area contributed by atoms with E-state index in [0.717, 1.165) is 16.7 Å². The Bertz CT molecular complexity index is 861. The van der Waals surface area contributed by atoms with Crippen LogP contribution in [0.2, 0.25) is 0 Å². The minimum absolute atomic E-state index is 0.201. The summed E-state index contributed by atoms with van der Waals surface area (Å²) in [5, 5.41) is 16.5. The number of nitrogens with zero attached hydrogens (tertiary/aromatic N) is 2. The molecule has 5 nitrogen and oxygen atoms in total. The lowest BCUT2D eigenvalue weighted by Gasteiger charge is -2.11. The van der Waals surface area contributed by atoms with Gasteiger partial charge in [-0.05, 0) is 37.3 Å². The number of allylic oxidation sites excluding steroid dienone is 5. The molecule has 0 saturated carbocycles. The van der Waals surface area contributed by atoms with Crippen molar-refractivity contribution in [3.05, 3.63) is 77.2 Å². The van der Waals surface area contributed by atoms with Gasteiger partial charge >= 0.3 is 0 Å². The first-order chi connectivity index (χ1) is 11.0. The first kappa shape index (κ1) is 14.7. The summed E-state index contributed by atoms with van der Waals surface area (Å²) in [5.74, 6) is 0.520. The first-order valence-corrected chi connectivity index (χ1v) is 7.15. The molecule has 0 radical (unpaired) electrons. The lowest BCUT2D eigenvalue weighted by atomic mass is 9.95. The van der Waals surface area contributed by atoms with E-state index < -0.39 is 0 Å². The Morgan fingerprint density at radius 2 is 1.87 bits per heavy atom. The normalized spacial score (nSPS) is 16.2. The van der Waals surface area contributed by atoms with Crippen LogP contribution in [-0.4, -0.2) is 20.8 Å². The van der Waals surface area contributed by atoms with Crippen LogP contribution in [0.3, 0.4) is 0 Å². The van der Waals surface area contributed by atoms with E-state index in [1.807, 2.05) is 31.2 Å². The van der Waals surface area contributed by atoms with E-state index >= 15 is 0 Å². The smallest absolute Gasteiger partial charge is 0.270 e. The largest absolute Gasteiger partial charge is 0.592 e. The quantitative estimate of drug-likeness (QED) is 0.658. The minimum atomic E-state index is 0.201. The fourth-order valence-electron chi connectivity index (χ4n) is 2.32. The van der Waals surface area contributed by atoms with Crippen LogP contribution in [0.25, 0.3) is 11.3 Å². The van der Waals surface area contributed by atoms with E-state index in [0.29, 0.717) is 22.7 Å². The highest BCUT2D eigenvalue weighted by molar-refractivity contribution is 6.16. The van der Waals surface area contributed by atoms with Crippen LogP contribution in [0, 0.1) is 12.3 Å².